The molecule has 0 fully saturated rings. The monoisotopic (exact) mass is 192 g/mol. The second-order valence-corrected chi connectivity index (χ2v) is 2.96. The van der Waals surface area contributed by atoms with E-state index in [1.165, 1.54) is 6.07 Å². The third-order valence-corrected chi connectivity index (χ3v) is 1.89. The van der Waals surface area contributed by atoms with Crippen molar-refractivity contribution in [2.75, 3.05) is 6.61 Å². The molecule has 14 heavy (non-hydrogen) atoms. The number of terminal acetylenes is 1. The Morgan fingerprint density at radius 3 is 2.93 bits per heavy atom. The van der Waals surface area contributed by atoms with Gasteiger partial charge in [-0.05, 0) is 18.6 Å². The van der Waals surface area contributed by atoms with E-state index in [0.717, 1.165) is 6.42 Å². The molecule has 0 saturated heterocycles. The number of hydrogen-bond acceptors (Lipinski definition) is 1. The summed E-state index contributed by atoms with van der Waals surface area (Å²) in [6.45, 7) is 2.18. The summed E-state index contributed by atoms with van der Waals surface area (Å²) in [4.78, 5) is 0. The lowest BCUT2D eigenvalue weighted by molar-refractivity contribution is 0.362. The maximum absolute atomic E-state index is 13.3. The molecule has 0 spiro atoms. The van der Waals surface area contributed by atoms with Crippen LogP contribution < -0.4 is 4.74 Å². The Bertz CT molecular complexity index is 339. The van der Waals surface area contributed by atoms with Gasteiger partial charge in [-0.3, -0.25) is 0 Å². The van der Waals surface area contributed by atoms with Gasteiger partial charge in [-0.1, -0.05) is 25.3 Å². The van der Waals surface area contributed by atoms with Crippen LogP contribution >= 0.6 is 0 Å². The molecule has 0 radical (unpaired) electrons. The molecule has 1 rings (SSSR count). The standard InChI is InChI=1S/C12H13FO/c1-3-6-10-11(13)7-5-8-12(10)14-9-4-2/h2,5,7-8H,3,6,9H2,1H3. The van der Waals surface area contributed by atoms with Crippen LogP contribution in [0.2, 0.25) is 0 Å². The maximum atomic E-state index is 13.3. The molecule has 0 amide bonds. The molecule has 0 aliphatic heterocycles. The van der Waals surface area contributed by atoms with Crippen LogP contribution in [0, 0.1) is 18.2 Å². The molecule has 0 aromatic heterocycles. The van der Waals surface area contributed by atoms with Crippen molar-refractivity contribution in [1.82, 2.24) is 0 Å². The average molecular weight is 192 g/mol. The second-order valence-electron chi connectivity index (χ2n) is 2.96. The van der Waals surface area contributed by atoms with E-state index in [4.69, 9.17) is 11.2 Å². The lowest BCUT2D eigenvalue weighted by atomic mass is 10.1. The van der Waals surface area contributed by atoms with E-state index < -0.39 is 0 Å². The van der Waals surface area contributed by atoms with Crippen molar-refractivity contribution >= 4 is 0 Å². The maximum Gasteiger partial charge on any atom is 0.148 e. The molecular formula is C12H13FO. The Morgan fingerprint density at radius 2 is 2.29 bits per heavy atom. The Balaban J connectivity index is 2.90. The Kier molecular flexibility index (Phi) is 4.00. The number of halogens is 1. The Hall–Kier alpha value is -1.49. The first kappa shape index (κ1) is 10.6. The molecule has 0 heterocycles. The van der Waals surface area contributed by atoms with Crippen LogP contribution in [0.1, 0.15) is 18.9 Å². The van der Waals surface area contributed by atoms with Crippen LogP contribution in [0.5, 0.6) is 5.75 Å². The second kappa shape index (κ2) is 5.29. The summed E-state index contributed by atoms with van der Waals surface area (Å²) >= 11 is 0. The van der Waals surface area contributed by atoms with E-state index in [1.807, 2.05) is 6.92 Å². The topological polar surface area (TPSA) is 9.23 Å². The third-order valence-electron chi connectivity index (χ3n) is 1.89. The Labute approximate surface area is 83.9 Å². The molecule has 1 nitrogen and oxygen atoms in total. The van der Waals surface area contributed by atoms with E-state index in [-0.39, 0.29) is 12.4 Å². The van der Waals surface area contributed by atoms with Crippen LogP contribution in [-0.2, 0) is 6.42 Å². The van der Waals surface area contributed by atoms with Crippen LogP contribution in [-0.4, -0.2) is 6.61 Å². The molecule has 0 bridgehead atoms. The van der Waals surface area contributed by atoms with Gasteiger partial charge in [0.2, 0.25) is 0 Å². The predicted molar refractivity (Wildman–Crippen MR) is 54.7 cm³/mol. The molecule has 0 unspecified atom stereocenters. The van der Waals surface area contributed by atoms with Crippen LogP contribution in [0.25, 0.3) is 0 Å². The number of benzene rings is 1. The van der Waals surface area contributed by atoms with Crippen molar-refractivity contribution in [3.8, 4) is 18.1 Å². The van der Waals surface area contributed by atoms with Crippen LogP contribution in [0.3, 0.4) is 0 Å². The van der Waals surface area contributed by atoms with Crippen molar-refractivity contribution in [3.05, 3.63) is 29.6 Å². The fraction of sp³-hybridized carbons (Fsp3) is 0.333. The molecule has 0 aliphatic carbocycles. The Morgan fingerprint density at radius 1 is 1.50 bits per heavy atom. The highest BCUT2D eigenvalue weighted by Gasteiger charge is 2.07. The fourth-order valence-electron chi connectivity index (χ4n) is 1.29. The first-order valence-corrected chi connectivity index (χ1v) is 4.63. The lowest BCUT2D eigenvalue weighted by Crippen LogP contribution is -2.00. The molecule has 0 N–H and O–H groups in total. The van der Waals surface area contributed by atoms with E-state index in [2.05, 4.69) is 5.92 Å². The van der Waals surface area contributed by atoms with E-state index in [9.17, 15) is 4.39 Å². The minimum atomic E-state index is -0.221. The number of rotatable bonds is 4. The van der Waals surface area contributed by atoms with Gasteiger partial charge in [-0.2, -0.15) is 0 Å². The number of hydrogen-bond donors (Lipinski definition) is 0. The zero-order valence-electron chi connectivity index (χ0n) is 8.22. The van der Waals surface area contributed by atoms with Gasteiger partial charge in [0.25, 0.3) is 0 Å². The van der Waals surface area contributed by atoms with Crippen molar-refractivity contribution in [2.24, 2.45) is 0 Å². The first-order chi connectivity index (χ1) is 6.79. The largest absolute Gasteiger partial charge is 0.481 e. The molecule has 74 valence electrons. The highest BCUT2D eigenvalue weighted by molar-refractivity contribution is 5.35. The molecule has 0 aliphatic rings. The van der Waals surface area contributed by atoms with Crippen molar-refractivity contribution in [3.63, 3.8) is 0 Å². The van der Waals surface area contributed by atoms with Gasteiger partial charge in [-0.25, -0.2) is 4.39 Å². The van der Waals surface area contributed by atoms with Crippen LogP contribution in [0.4, 0.5) is 4.39 Å². The SMILES string of the molecule is C#CCOc1cccc(F)c1CCC. The van der Waals surface area contributed by atoms with Gasteiger partial charge in [0.05, 0.1) is 0 Å². The van der Waals surface area contributed by atoms with Gasteiger partial charge in [0.1, 0.15) is 18.2 Å². The van der Waals surface area contributed by atoms with Crippen molar-refractivity contribution in [1.29, 1.82) is 0 Å². The van der Waals surface area contributed by atoms with Crippen molar-refractivity contribution < 1.29 is 9.13 Å². The van der Waals surface area contributed by atoms with Gasteiger partial charge in [0, 0.05) is 5.56 Å². The summed E-state index contributed by atoms with van der Waals surface area (Å²) in [6, 6.07) is 4.81. The zero-order valence-corrected chi connectivity index (χ0v) is 8.22. The summed E-state index contributed by atoms with van der Waals surface area (Å²) in [5, 5.41) is 0. The summed E-state index contributed by atoms with van der Waals surface area (Å²) in [7, 11) is 0. The minimum absolute atomic E-state index is 0.181. The smallest absolute Gasteiger partial charge is 0.148 e. The summed E-state index contributed by atoms with van der Waals surface area (Å²) < 4.78 is 18.6. The predicted octanol–water partition coefficient (Wildman–Crippen LogP) is 2.79. The molecule has 1 aromatic rings. The molecule has 0 atom stereocenters. The van der Waals surface area contributed by atoms with Gasteiger partial charge in [-0.15, -0.1) is 6.42 Å². The third kappa shape index (κ3) is 2.50. The van der Waals surface area contributed by atoms with E-state index >= 15 is 0 Å². The molecule has 2 heteroatoms. The minimum Gasteiger partial charge on any atom is -0.481 e. The zero-order chi connectivity index (χ0) is 10.4. The normalized spacial score (nSPS) is 9.50. The average Bonchev–Trinajstić information content (AvgIpc) is 2.19. The van der Waals surface area contributed by atoms with Gasteiger partial charge < -0.3 is 4.74 Å². The lowest BCUT2D eigenvalue weighted by Gasteiger charge is -2.09. The summed E-state index contributed by atoms with van der Waals surface area (Å²) in [6.07, 6.45) is 6.63. The van der Waals surface area contributed by atoms with E-state index in [0.29, 0.717) is 17.7 Å². The van der Waals surface area contributed by atoms with Gasteiger partial charge >= 0.3 is 0 Å². The summed E-state index contributed by atoms with van der Waals surface area (Å²) in [5.74, 6) is 2.70. The molecule has 1 aromatic carbocycles. The van der Waals surface area contributed by atoms with E-state index in [1.54, 1.807) is 12.1 Å². The highest BCUT2D eigenvalue weighted by atomic mass is 19.1. The number of ether oxygens (including phenoxy) is 1. The van der Waals surface area contributed by atoms with Crippen LogP contribution in [0.15, 0.2) is 18.2 Å². The molecular weight excluding hydrogens is 179 g/mol. The molecule has 0 saturated carbocycles. The highest BCUT2D eigenvalue weighted by Crippen LogP contribution is 2.22. The fourth-order valence-corrected chi connectivity index (χ4v) is 1.29. The van der Waals surface area contributed by atoms with Crippen molar-refractivity contribution in [2.45, 2.75) is 19.8 Å². The summed E-state index contributed by atoms with van der Waals surface area (Å²) in [5.41, 5.74) is 0.616. The first-order valence-electron chi connectivity index (χ1n) is 4.63. The van der Waals surface area contributed by atoms with Gasteiger partial charge in [0.15, 0.2) is 0 Å². The quantitative estimate of drug-likeness (QED) is 0.666.